The number of benzene rings is 1. The van der Waals surface area contributed by atoms with Gasteiger partial charge in [0.05, 0.1) is 6.54 Å². The summed E-state index contributed by atoms with van der Waals surface area (Å²) in [6, 6.07) is 10.5. The molecule has 5 nitrogen and oxygen atoms in total. The standard InChI is InChI=1S/C15H18N4OS2/c20-14(17-15-18-16-11-22-15)9-19-7-6-12(8-19)10-21-13-4-2-1-3-5-13/h1-5,11-12H,6-10H2,(H,17,18,20). The van der Waals surface area contributed by atoms with Crippen LogP contribution in [-0.2, 0) is 4.79 Å². The topological polar surface area (TPSA) is 58.1 Å². The van der Waals surface area contributed by atoms with E-state index in [-0.39, 0.29) is 5.91 Å². The van der Waals surface area contributed by atoms with Crippen molar-refractivity contribution in [1.29, 1.82) is 0 Å². The number of carbonyl (C=O) groups excluding carboxylic acids is 1. The van der Waals surface area contributed by atoms with Crippen molar-refractivity contribution in [2.45, 2.75) is 11.3 Å². The minimum absolute atomic E-state index is 0.00638. The molecular formula is C15H18N4OS2. The molecule has 3 rings (SSSR count). The summed E-state index contributed by atoms with van der Waals surface area (Å²) < 4.78 is 0. The second-order valence-corrected chi connectivity index (χ2v) is 7.23. The van der Waals surface area contributed by atoms with Crippen molar-refractivity contribution < 1.29 is 4.79 Å². The maximum Gasteiger partial charge on any atom is 0.240 e. The average molecular weight is 334 g/mol. The fraction of sp³-hybridized carbons (Fsp3) is 0.400. The SMILES string of the molecule is O=C(CN1CCC(CSc2ccccc2)C1)Nc1nncs1. The lowest BCUT2D eigenvalue weighted by molar-refractivity contribution is -0.117. The molecule has 1 unspecified atom stereocenters. The van der Waals surface area contributed by atoms with E-state index in [1.807, 2.05) is 17.8 Å². The van der Waals surface area contributed by atoms with Crippen LogP contribution in [0.4, 0.5) is 5.13 Å². The summed E-state index contributed by atoms with van der Waals surface area (Å²) in [5.74, 6) is 1.76. The minimum Gasteiger partial charge on any atom is -0.299 e. The number of amides is 1. The van der Waals surface area contributed by atoms with Crippen LogP contribution < -0.4 is 5.32 Å². The third kappa shape index (κ3) is 4.53. The number of rotatable bonds is 6. The lowest BCUT2D eigenvalue weighted by Crippen LogP contribution is -2.31. The van der Waals surface area contributed by atoms with Crippen molar-refractivity contribution in [3.05, 3.63) is 35.8 Å². The molecule has 1 aliphatic rings. The molecule has 1 atom stereocenters. The second-order valence-electron chi connectivity index (χ2n) is 5.31. The zero-order valence-electron chi connectivity index (χ0n) is 12.1. The van der Waals surface area contributed by atoms with E-state index in [2.05, 4.69) is 44.7 Å². The molecule has 1 saturated heterocycles. The van der Waals surface area contributed by atoms with Crippen LogP contribution in [0.3, 0.4) is 0 Å². The molecule has 1 aromatic heterocycles. The Morgan fingerprint density at radius 1 is 1.41 bits per heavy atom. The van der Waals surface area contributed by atoms with Crippen molar-refractivity contribution in [1.82, 2.24) is 15.1 Å². The van der Waals surface area contributed by atoms with Crippen LogP contribution in [0, 0.1) is 5.92 Å². The average Bonchev–Trinajstić information content (AvgIpc) is 3.18. The van der Waals surface area contributed by atoms with Crippen molar-refractivity contribution in [3.8, 4) is 0 Å². The van der Waals surface area contributed by atoms with Gasteiger partial charge in [-0.2, -0.15) is 0 Å². The molecule has 1 aliphatic heterocycles. The minimum atomic E-state index is -0.00638. The first-order valence-corrected chi connectivity index (χ1v) is 9.12. The molecule has 116 valence electrons. The zero-order chi connectivity index (χ0) is 15.2. The Kier molecular flexibility index (Phi) is 5.42. The van der Waals surface area contributed by atoms with Gasteiger partial charge < -0.3 is 0 Å². The quantitative estimate of drug-likeness (QED) is 0.823. The molecule has 22 heavy (non-hydrogen) atoms. The number of anilines is 1. The molecule has 2 aromatic rings. The Morgan fingerprint density at radius 3 is 3.05 bits per heavy atom. The predicted octanol–water partition coefficient (Wildman–Crippen LogP) is 2.59. The molecule has 1 amide bonds. The number of likely N-dealkylation sites (tertiary alicyclic amines) is 1. The molecule has 1 fully saturated rings. The molecule has 1 N–H and O–H groups in total. The Hall–Kier alpha value is -1.44. The summed E-state index contributed by atoms with van der Waals surface area (Å²) in [6.45, 7) is 2.42. The van der Waals surface area contributed by atoms with E-state index in [9.17, 15) is 4.79 Å². The van der Waals surface area contributed by atoms with Crippen LogP contribution in [0.1, 0.15) is 6.42 Å². The highest BCUT2D eigenvalue weighted by atomic mass is 32.2. The number of hydrogen-bond acceptors (Lipinski definition) is 6. The normalized spacial score (nSPS) is 18.5. The van der Waals surface area contributed by atoms with Gasteiger partial charge in [-0.25, -0.2) is 0 Å². The number of nitrogens with zero attached hydrogens (tertiary/aromatic N) is 3. The van der Waals surface area contributed by atoms with E-state index in [1.54, 1.807) is 5.51 Å². The first-order chi connectivity index (χ1) is 10.8. The molecule has 0 spiro atoms. The van der Waals surface area contributed by atoms with Gasteiger partial charge in [-0.3, -0.25) is 15.0 Å². The Labute approximate surface area is 138 Å². The molecule has 0 aliphatic carbocycles. The van der Waals surface area contributed by atoms with Gasteiger partial charge in [0.1, 0.15) is 5.51 Å². The van der Waals surface area contributed by atoms with Gasteiger partial charge >= 0.3 is 0 Å². The maximum atomic E-state index is 11.9. The van der Waals surface area contributed by atoms with Gasteiger partial charge in [-0.05, 0) is 31.0 Å². The van der Waals surface area contributed by atoms with Crippen LogP contribution in [0.5, 0.6) is 0 Å². The smallest absolute Gasteiger partial charge is 0.240 e. The molecule has 0 radical (unpaired) electrons. The van der Waals surface area contributed by atoms with E-state index in [1.165, 1.54) is 16.2 Å². The van der Waals surface area contributed by atoms with E-state index in [0.717, 1.165) is 25.3 Å². The summed E-state index contributed by atoms with van der Waals surface area (Å²) in [5.41, 5.74) is 1.61. The summed E-state index contributed by atoms with van der Waals surface area (Å²) >= 11 is 3.24. The molecule has 1 aromatic carbocycles. The van der Waals surface area contributed by atoms with E-state index < -0.39 is 0 Å². The largest absolute Gasteiger partial charge is 0.299 e. The van der Waals surface area contributed by atoms with Crippen molar-refractivity contribution in [2.24, 2.45) is 5.92 Å². The number of nitrogens with one attached hydrogen (secondary N) is 1. The second kappa shape index (κ2) is 7.71. The van der Waals surface area contributed by atoms with E-state index in [4.69, 9.17) is 0 Å². The van der Waals surface area contributed by atoms with Crippen LogP contribution in [0.2, 0.25) is 0 Å². The Balaban J connectivity index is 1.39. The van der Waals surface area contributed by atoms with Gasteiger partial charge in [-0.1, -0.05) is 29.5 Å². The third-order valence-corrected chi connectivity index (χ3v) is 5.42. The molecule has 7 heteroatoms. The highest BCUT2D eigenvalue weighted by molar-refractivity contribution is 7.99. The van der Waals surface area contributed by atoms with Crippen LogP contribution in [-0.4, -0.2) is 46.4 Å². The monoisotopic (exact) mass is 334 g/mol. The highest BCUT2D eigenvalue weighted by Crippen LogP contribution is 2.25. The maximum absolute atomic E-state index is 11.9. The summed E-state index contributed by atoms with van der Waals surface area (Å²) in [5, 5.41) is 10.9. The number of aromatic nitrogens is 2. The lowest BCUT2D eigenvalue weighted by Gasteiger charge is -2.15. The van der Waals surface area contributed by atoms with E-state index in [0.29, 0.717) is 17.6 Å². The molecule has 0 saturated carbocycles. The fourth-order valence-corrected chi connectivity index (χ4v) is 4.02. The summed E-state index contributed by atoms with van der Waals surface area (Å²) in [7, 11) is 0. The third-order valence-electron chi connectivity index (χ3n) is 3.57. The van der Waals surface area contributed by atoms with Crippen molar-refractivity contribution in [2.75, 3.05) is 30.7 Å². The number of thioether (sulfide) groups is 1. The van der Waals surface area contributed by atoms with Crippen molar-refractivity contribution >= 4 is 34.1 Å². The Bertz CT molecular complexity index is 591. The van der Waals surface area contributed by atoms with Gasteiger partial charge in [0.2, 0.25) is 11.0 Å². The highest BCUT2D eigenvalue weighted by Gasteiger charge is 2.24. The number of hydrogen-bond donors (Lipinski definition) is 1. The molecule has 2 heterocycles. The summed E-state index contributed by atoms with van der Waals surface area (Å²) in [4.78, 5) is 15.5. The van der Waals surface area contributed by atoms with Crippen LogP contribution in [0.15, 0.2) is 40.7 Å². The molecule has 0 bridgehead atoms. The van der Waals surface area contributed by atoms with Gasteiger partial charge in [0.15, 0.2) is 0 Å². The van der Waals surface area contributed by atoms with Gasteiger partial charge in [-0.15, -0.1) is 22.0 Å². The molecular weight excluding hydrogens is 316 g/mol. The first kappa shape index (κ1) is 15.5. The number of carbonyl (C=O) groups is 1. The van der Waals surface area contributed by atoms with E-state index >= 15 is 0 Å². The van der Waals surface area contributed by atoms with Crippen LogP contribution in [0.25, 0.3) is 0 Å². The zero-order valence-corrected chi connectivity index (χ0v) is 13.8. The van der Waals surface area contributed by atoms with Crippen LogP contribution >= 0.6 is 23.1 Å². The lowest BCUT2D eigenvalue weighted by atomic mass is 10.2. The summed E-state index contributed by atoms with van der Waals surface area (Å²) in [6.07, 6.45) is 1.16. The predicted molar refractivity (Wildman–Crippen MR) is 90.3 cm³/mol. The first-order valence-electron chi connectivity index (χ1n) is 7.26. The van der Waals surface area contributed by atoms with Crippen molar-refractivity contribution in [3.63, 3.8) is 0 Å². The Morgan fingerprint density at radius 2 is 2.27 bits per heavy atom. The van der Waals surface area contributed by atoms with Gasteiger partial charge in [0, 0.05) is 17.2 Å². The van der Waals surface area contributed by atoms with Gasteiger partial charge in [0.25, 0.3) is 0 Å². The fourth-order valence-electron chi connectivity index (χ4n) is 2.51.